The molecule has 2 saturated heterocycles. The summed E-state index contributed by atoms with van der Waals surface area (Å²) in [6, 6.07) is 3.47. The van der Waals surface area contributed by atoms with Crippen molar-refractivity contribution >= 4 is 21.9 Å². The molecule has 9 nitrogen and oxygen atoms in total. The van der Waals surface area contributed by atoms with Crippen molar-refractivity contribution in [1.82, 2.24) is 9.80 Å². The molecule has 3 N–H and O–H groups in total. The van der Waals surface area contributed by atoms with E-state index >= 15 is 0 Å². The molecule has 286 valence electrons. The molecular formula is C43H62N2O7. The van der Waals surface area contributed by atoms with Crippen molar-refractivity contribution < 1.29 is 29.2 Å². The predicted molar refractivity (Wildman–Crippen MR) is 210 cm³/mol. The van der Waals surface area contributed by atoms with E-state index in [-0.39, 0.29) is 34.9 Å². The molecule has 2 aromatic carbocycles. The number of aliphatic hydroxyl groups is 2. The number of aromatic hydroxyl groups is 1. The fourth-order valence-electron chi connectivity index (χ4n) is 7.40. The van der Waals surface area contributed by atoms with Crippen molar-refractivity contribution in [2.24, 2.45) is 5.92 Å². The number of hydrogen-bond donors (Lipinski definition) is 3. The van der Waals surface area contributed by atoms with Crippen LogP contribution in [0.5, 0.6) is 17.2 Å². The molecule has 1 aromatic heterocycles. The molecule has 0 aliphatic carbocycles. The molecule has 0 spiro atoms. The summed E-state index contributed by atoms with van der Waals surface area (Å²) in [4.78, 5) is 19.4. The van der Waals surface area contributed by atoms with Crippen LogP contribution in [0.2, 0.25) is 0 Å². The Morgan fingerprint density at radius 1 is 0.769 bits per heavy atom. The van der Waals surface area contributed by atoms with Crippen LogP contribution in [-0.4, -0.2) is 83.7 Å². The molecule has 52 heavy (non-hydrogen) atoms. The van der Waals surface area contributed by atoms with Gasteiger partial charge in [-0.1, -0.05) is 30.2 Å². The van der Waals surface area contributed by atoms with E-state index in [4.69, 9.17) is 13.9 Å². The van der Waals surface area contributed by atoms with Gasteiger partial charge in [0.1, 0.15) is 33.8 Å². The number of unbranched alkanes of at least 4 members (excludes halogenated alkanes) is 2. The fraction of sp³-hybridized carbons (Fsp3) is 0.605. The number of aliphatic hydroxyl groups excluding tert-OH is 2. The number of hydrogen-bond acceptors (Lipinski definition) is 9. The Bertz CT molecular complexity index is 1750. The highest BCUT2D eigenvalue weighted by Crippen LogP contribution is 2.39. The van der Waals surface area contributed by atoms with E-state index in [9.17, 15) is 20.1 Å². The number of nitrogens with zero attached hydrogens (tertiary/aromatic N) is 2. The molecule has 0 radical (unpaired) electrons. The van der Waals surface area contributed by atoms with Gasteiger partial charge in [0.05, 0.1) is 31.3 Å². The first kappa shape index (κ1) is 39.8. The molecule has 2 fully saturated rings. The van der Waals surface area contributed by atoms with Gasteiger partial charge in [-0.2, -0.15) is 0 Å². The Morgan fingerprint density at radius 3 is 1.81 bits per heavy atom. The smallest absolute Gasteiger partial charge is 0.204 e. The maximum Gasteiger partial charge on any atom is 0.204 e. The number of allylic oxidation sites excluding steroid dienone is 4. The number of rotatable bonds is 17. The monoisotopic (exact) mass is 718 g/mol. The van der Waals surface area contributed by atoms with Gasteiger partial charge in [-0.05, 0) is 130 Å². The molecule has 0 bridgehead atoms. The van der Waals surface area contributed by atoms with Crippen LogP contribution in [0.3, 0.4) is 0 Å². The first-order valence-electron chi connectivity index (χ1n) is 19.6. The predicted octanol–water partition coefficient (Wildman–Crippen LogP) is 7.67. The minimum atomic E-state index is -0.334. The van der Waals surface area contributed by atoms with Crippen molar-refractivity contribution in [2.75, 3.05) is 52.5 Å². The van der Waals surface area contributed by atoms with Crippen molar-refractivity contribution in [3.8, 4) is 17.2 Å². The highest BCUT2D eigenvalue weighted by molar-refractivity contribution is 5.97. The number of likely N-dealkylation sites (tertiary alicyclic amines) is 2. The second-order valence-electron chi connectivity index (χ2n) is 15.5. The molecule has 2 aliphatic heterocycles. The number of phenols is 1. The van der Waals surface area contributed by atoms with Gasteiger partial charge in [0.15, 0.2) is 0 Å². The molecule has 0 saturated carbocycles. The van der Waals surface area contributed by atoms with Crippen molar-refractivity contribution in [3.63, 3.8) is 0 Å². The first-order valence-corrected chi connectivity index (χ1v) is 19.6. The summed E-state index contributed by atoms with van der Waals surface area (Å²) in [5.41, 5.74) is 4.24. The Morgan fingerprint density at radius 2 is 1.27 bits per heavy atom. The number of ether oxygens (including phenoxy) is 2. The second kappa shape index (κ2) is 19.1. The largest absolute Gasteiger partial charge is 0.507 e. The van der Waals surface area contributed by atoms with E-state index in [0.717, 1.165) is 94.9 Å². The molecule has 9 heteroatoms. The highest BCUT2D eigenvalue weighted by Gasteiger charge is 2.24. The summed E-state index contributed by atoms with van der Waals surface area (Å²) in [6.07, 6.45) is 12.6. The van der Waals surface area contributed by atoms with Gasteiger partial charge in [-0.15, -0.1) is 0 Å². The lowest BCUT2D eigenvalue weighted by atomic mass is 9.95. The van der Waals surface area contributed by atoms with Crippen LogP contribution >= 0.6 is 0 Å². The molecule has 3 heterocycles. The molecular weight excluding hydrogens is 656 g/mol. The minimum absolute atomic E-state index is 0.120. The lowest BCUT2D eigenvalue weighted by Gasteiger charge is -2.30. The maximum absolute atomic E-state index is 14.5. The van der Waals surface area contributed by atoms with Gasteiger partial charge in [0.2, 0.25) is 5.43 Å². The van der Waals surface area contributed by atoms with Gasteiger partial charge < -0.3 is 39.0 Å². The zero-order valence-electron chi connectivity index (χ0n) is 32.3. The third-order valence-corrected chi connectivity index (χ3v) is 10.7. The van der Waals surface area contributed by atoms with Crippen LogP contribution in [-0.2, 0) is 19.4 Å². The quantitative estimate of drug-likeness (QED) is 0.0735. The number of benzene rings is 2. The van der Waals surface area contributed by atoms with Crippen molar-refractivity contribution in [3.05, 3.63) is 62.3 Å². The van der Waals surface area contributed by atoms with Crippen molar-refractivity contribution in [2.45, 2.75) is 112 Å². The van der Waals surface area contributed by atoms with E-state index < -0.39 is 0 Å². The van der Waals surface area contributed by atoms with Crippen LogP contribution in [0.4, 0.5) is 0 Å². The second-order valence-corrected chi connectivity index (χ2v) is 15.5. The summed E-state index contributed by atoms with van der Waals surface area (Å²) < 4.78 is 19.1. The zero-order valence-corrected chi connectivity index (χ0v) is 32.3. The van der Waals surface area contributed by atoms with Gasteiger partial charge in [0.25, 0.3) is 0 Å². The van der Waals surface area contributed by atoms with Crippen LogP contribution < -0.4 is 14.9 Å². The normalized spacial score (nSPS) is 16.4. The summed E-state index contributed by atoms with van der Waals surface area (Å²) in [5.74, 6) is 1.71. The standard InChI is InChI=1S/C43H62N2O7/c1-29(2)10-12-33-35(28-46)37(51-25-9-7-19-45-22-16-32(47)17-23-45)27-38-40(33)43(49)41-39(52-38)26-36(34(42(41)48)13-11-30(3)4)50-24-8-6-18-44-20-14-31(5)15-21-44/h10-11,26-27,31-32,46-48H,6-9,12-25,28H2,1-5H3. The van der Waals surface area contributed by atoms with Gasteiger partial charge in [-0.3, -0.25) is 4.79 Å². The van der Waals surface area contributed by atoms with Gasteiger partial charge in [0, 0.05) is 36.3 Å². The summed E-state index contributed by atoms with van der Waals surface area (Å²) in [6.45, 7) is 17.2. The number of phenolic OH excluding ortho intramolecular Hbond substituents is 1. The number of piperidine rings is 2. The third kappa shape index (κ3) is 10.4. The van der Waals surface area contributed by atoms with Crippen molar-refractivity contribution in [1.29, 1.82) is 0 Å². The van der Waals surface area contributed by atoms with Crippen LogP contribution in [0, 0.1) is 5.92 Å². The lowest BCUT2D eigenvalue weighted by molar-refractivity contribution is 0.0812. The molecule has 2 aliphatic rings. The fourth-order valence-corrected chi connectivity index (χ4v) is 7.40. The molecule has 3 aromatic rings. The Kier molecular flexibility index (Phi) is 14.6. The third-order valence-electron chi connectivity index (χ3n) is 10.7. The average Bonchev–Trinajstić information content (AvgIpc) is 3.11. The topological polar surface area (TPSA) is 116 Å². The molecule has 0 amide bonds. The van der Waals surface area contributed by atoms with E-state index in [1.54, 1.807) is 12.1 Å². The van der Waals surface area contributed by atoms with Crippen LogP contribution in [0.25, 0.3) is 21.9 Å². The van der Waals surface area contributed by atoms with E-state index in [0.29, 0.717) is 65.2 Å². The summed E-state index contributed by atoms with van der Waals surface area (Å²) in [7, 11) is 0. The minimum Gasteiger partial charge on any atom is -0.507 e. The Balaban J connectivity index is 1.43. The average molecular weight is 719 g/mol. The van der Waals surface area contributed by atoms with Gasteiger partial charge >= 0.3 is 0 Å². The SMILES string of the molecule is CC(C)=CCc1c(OCCCCN2CCC(C)CC2)cc2oc3cc(OCCCCN4CCC(O)CC4)c(CO)c(CC=C(C)C)c3c(=O)c2c1O. The zero-order chi connectivity index (χ0) is 37.2. The summed E-state index contributed by atoms with van der Waals surface area (Å²) in [5, 5.41) is 32.7. The lowest BCUT2D eigenvalue weighted by Crippen LogP contribution is -2.36. The van der Waals surface area contributed by atoms with E-state index in [1.807, 2.05) is 39.8 Å². The maximum atomic E-state index is 14.5. The number of fused-ring (bicyclic) bond motifs is 2. The molecule has 5 rings (SSSR count). The highest BCUT2D eigenvalue weighted by atomic mass is 16.5. The van der Waals surface area contributed by atoms with Crippen LogP contribution in [0.1, 0.15) is 103 Å². The first-order chi connectivity index (χ1) is 25.0. The van der Waals surface area contributed by atoms with Gasteiger partial charge in [-0.25, -0.2) is 0 Å². The Labute approximate surface area is 309 Å². The molecule has 0 atom stereocenters. The summed E-state index contributed by atoms with van der Waals surface area (Å²) >= 11 is 0. The van der Waals surface area contributed by atoms with E-state index in [2.05, 4.69) is 16.7 Å². The Hall–Kier alpha value is -3.37. The van der Waals surface area contributed by atoms with Crippen LogP contribution in [0.15, 0.2) is 44.6 Å². The molecule has 0 unspecified atom stereocenters. The van der Waals surface area contributed by atoms with E-state index in [1.165, 1.54) is 12.8 Å².